The van der Waals surface area contributed by atoms with Crippen LogP contribution in [0.2, 0.25) is 0 Å². The first-order valence-electron chi connectivity index (χ1n) is 5.77. The Labute approximate surface area is 102 Å². The molecule has 0 saturated heterocycles. The highest BCUT2D eigenvalue weighted by Crippen LogP contribution is 2.32. The van der Waals surface area contributed by atoms with E-state index in [1.54, 1.807) is 11.3 Å². The Morgan fingerprint density at radius 3 is 2.38 bits per heavy atom. The Bertz CT molecular complexity index is 336. The zero-order valence-electron chi connectivity index (χ0n) is 10.5. The molecule has 0 spiro atoms. The molecule has 0 amide bonds. The quantitative estimate of drug-likeness (QED) is 0.833. The topological polar surface area (TPSA) is 59.1 Å². The Morgan fingerprint density at radius 1 is 1.38 bits per heavy atom. The van der Waals surface area contributed by atoms with Crippen molar-refractivity contribution in [1.29, 1.82) is 0 Å². The van der Waals surface area contributed by atoms with Gasteiger partial charge in [0.1, 0.15) is 0 Å². The van der Waals surface area contributed by atoms with Crippen molar-refractivity contribution in [1.82, 2.24) is 4.98 Å². The molecule has 3 N–H and O–H groups in total. The molecule has 1 aromatic heterocycles. The van der Waals surface area contributed by atoms with E-state index in [9.17, 15) is 5.11 Å². The highest BCUT2D eigenvalue weighted by atomic mass is 32.1. The van der Waals surface area contributed by atoms with Crippen LogP contribution in [-0.2, 0) is 0 Å². The fourth-order valence-electron chi connectivity index (χ4n) is 2.00. The third-order valence-corrected chi connectivity index (χ3v) is 3.87. The van der Waals surface area contributed by atoms with Gasteiger partial charge in [-0.2, -0.15) is 0 Å². The van der Waals surface area contributed by atoms with Crippen LogP contribution in [0, 0.1) is 25.7 Å². The van der Waals surface area contributed by atoms with Gasteiger partial charge in [-0.05, 0) is 32.7 Å². The SMILES string of the molecule is Cc1nc(C)c(C(O)C(CN)CC(C)C)s1. The van der Waals surface area contributed by atoms with E-state index in [4.69, 9.17) is 5.73 Å². The van der Waals surface area contributed by atoms with E-state index in [0.29, 0.717) is 12.5 Å². The van der Waals surface area contributed by atoms with Crippen molar-refractivity contribution in [3.8, 4) is 0 Å². The number of nitrogens with two attached hydrogens (primary N) is 1. The smallest absolute Gasteiger partial charge is 0.0941 e. The van der Waals surface area contributed by atoms with Crippen molar-refractivity contribution in [2.75, 3.05) is 6.54 Å². The second-order valence-corrected chi connectivity index (χ2v) is 5.99. The fourth-order valence-corrected chi connectivity index (χ4v) is 3.00. The maximum Gasteiger partial charge on any atom is 0.0941 e. The Balaban J connectivity index is 2.82. The predicted molar refractivity (Wildman–Crippen MR) is 68.5 cm³/mol. The number of nitrogens with zero attached hydrogens (tertiary/aromatic N) is 1. The molecule has 2 unspecified atom stereocenters. The van der Waals surface area contributed by atoms with Crippen LogP contribution in [-0.4, -0.2) is 16.6 Å². The zero-order chi connectivity index (χ0) is 12.3. The summed E-state index contributed by atoms with van der Waals surface area (Å²) in [7, 11) is 0. The van der Waals surface area contributed by atoms with E-state index in [1.807, 2.05) is 13.8 Å². The minimum Gasteiger partial charge on any atom is -0.387 e. The van der Waals surface area contributed by atoms with Gasteiger partial charge in [0.25, 0.3) is 0 Å². The average molecular weight is 242 g/mol. The number of aromatic nitrogens is 1. The summed E-state index contributed by atoms with van der Waals surface area (Å²) in [4.78, 5) is 5.33. The molecular formula is C12H22N2OS. The van der Waals surface area contributed by atoms with Gasteiger partial charge in [-0.3, -0.25) is 0 Å². The zero-order valence-corrected chi connectivity index (χ0v) is 11.3. The summed E-state index contributed by atoms with van der Waals surface area (Å²) in [6.45, 7) is 8.74. The van der Waals surface area contributed by atoms with E-state index >= 15 is 0 Å². The molecule has 0 aromatic carbocycles. The van der Waals surface area contributed by atoms with Crippen LogP contribution in [0.25, 0.3) is 0 Å². The van der Waals surface area contributed by atoms with E-state index in [0.717, 1.165) is 22.0 Å². The van der Waals surface area contributed by atoms with Crippen LogP contribution in [0.4, 0.5) is 0 Å². The summed E-state index contributed by atoms with van der Waals surface area (Å²) >= 11 is 1.58. The van der Waals surface area contributed by atoms with Crippen LogP contribution in [0.1, 0.15) is 42.0 Å². The van der Waals surface area contributed by atoms with Crippen molar-refractivity contribution in [2.45, 2.75) is 40.2 Å². The summed E-state index contributed by atoms with van der Waals surface area (Å²) in [5.74, 6) is 0.691. The normalized spacial score (nSPS) is 15.4. The van der Waals surface area contributed by atoms with Gasteiger partial charge in [0.05, 0.1) is 21.7 Å². The molecule has 0 saturated carbocycles. The van der Waals surface area contributed by atoms with Crippen molar-refractivity contribution >= 4 is 11.3 Å². The number of aryl methyl sites for hydroxylation is 2. The Hall–Kier alpha value is -0.450. The van der Waals surface area contributed by atoms with E-state index in [2.05, 4.69) is 18.8 Å². The summed E-state index contributed by atoms with van der Waals surface area (Å²) < 4.78 is 0. The Morgan fingerprint density at radius 2 is 2.00 bits per heavy atom. The highest BCUT2D eigenvalue weighted by Gasteiger charge is 2.24. The number of hydrogen-bond donors (Lipinski definition) is 2. The first kappa shape index (κ1) is 13.6. The van der Waals surface area contributed by atoms with Gasteiger partial charge in [0.2, 0.25) is 0 Å². The molecule has 1 heterocycles. The van der Waals surface area contributed by atoms with Gasteiger partial charge < -0.3 is 10.8 Å². The summed E-state index contributed by atoms with van der Waals surface area (Å²) in [5, 5.41) is 11.3. The molecule has 92 valence electrons. The van der Waals surface area contributed by atoms with Gasteiger partial charge >= 0.3 is 0 Å². The van der Waals surface area contributed by atoms with Crippen molar-refractivity contribution in [3.63, 3.8) is 0 Å². The van der Waals surface area contributed by atoms with Crippen molar-refractivity contribution in [2.24, 2.45) is 17.6 Å². The first-order valence-corrected chi connectivity index (χ1v) is 6.59. The van der Waals surface area contributed by atoms with E-state index in [-0.39, 0.29) is 5.92 Å². The number of thiazole rings is 1. The van der Waals surface area contributed by atoms with E-state index < -0.39 is 6.10 Å². The van der Waals surface area contributed by atoms with Gasteiger partial charge in [0.15, 0.2) is 0 Å². The number of aliphatic hydroxyl groups is 1. The molecule has 1 rings (SSSR count). The molecule has 0 bridgehead atoms. The van der Waals surface area contributed by atoms with Gasteiger partial charge in [0, 0.05) is 5.92 Å². The molecule has 16 heavy (non-hydrogen) atoms. The van der Waals surface area contributed by atoms with Crippen molar-refractivity contribution in [3.05, 3.63) is 15.6 Å². The second-order valence-electron chi connectivity index (χ2n) is 4.75. The molecule has 1 aromatic rings. The maximum atomic E-state index is 10.3. The number of hydrogen-bond acceptors (Lipinski definition) is 4. The molecule has 4 heteroatoms. The van der Waals surface area contributed by atoms with Gasteiger partial charge in [-0.1, -0.05) is 13.8 Å². The maximum absolute atomic E-state index is 10.3. The molecular weight excluding hydrogens is 220 g/mol. The van der Waals surface area contributed by atoms with Crippen LogP contribution < -0.4 is 5.73 Å². The summed E-state index contributed by atoms with van der Waals surface area (Å²) in [6.07, 6.45) is 0.493. The third kappa shape index (κ3) is 3.27. The molecule has 2 atom stereocenters. The molecule has 0 aliphatic heterocycles. The monoisotopic (exact) mass is 242 g/mol. The lowest BCUT2D eigenvalue weighted by Crippen LogP contribution is -2.23. The predicted octanol–water partition coefficient (Wildman–Crippen LogP) is 2.41. The van der Waals surface area contributed by atoms with Crippen LogP contribution in [0.3, 0.4) is 0 Å². The standard InChI is InChI=1S/C12H22N2OS/c1-7(2)5-10(6-13)11(15)12-8(3)14-9(4)16-12/h7,10-11,15H,5-6,13H2,1-4H3. The lowest BCUT2D eigenvalue weighted by atomic mass is 9.91. The average Bonchev–Trinajstić information content (AvgIpc) is 2.53. The van der Waals surface area contributed by atoms with Crippen LogP contribution in [0.5, 0.6) is 0 Å². The minimum atomic E-state index is -0.460. The van der Waals surface area contributed by atoms with Gasteiger partial charge in [-0.15, -0.1) is 11.3 Å². The molecule has 3 nitrogen and oxygen atoms in total. The molecule has 0 aliphatic rings. The fraction of sp³-hybridized carbons (Fsp3) is 0.750. The number of rotatable bonds is 5. The largest absolute Gasteiger partial charge is 0.387 e. The Kier molecular flexibility index (Phi) is 4.89. The second kappa shape index (κ2) is 5.75. The molecule has 0 fully saturated rings. The van der Waals surface area contributed by atoms with Crippen LogP contribution in [0.15, 0.2) is 0 Å². The van der Waals surface area contributed by atoms with Crippen LogP contribution >= 0.6 is 11.3 Å². The highest BCUT2D eigenvalue weighted by molar-refractivity contribution is 7.11. The minimum absolute atomic E-state index is 0.138. The summed E-state index contributed by atoms with van der Waals surface area (Å²) in [5.41, 5.74) is 6.68. The first-order chi connectivity index (χ1) is 7.45. The lowest BCUT2D eigenvalue weighted by molar-refractivity contribution is 0.102. The molecule has 0 radical (unpaired) electrons. The summed E-state index contributed by atoms with van der Waals surface area (Å²) in [6, 6.07) is 0. The van der Waals surface area contributed by atoms with E-state index in [1.165, 1.54) is 0 Å². The lowest BCUT2D eigenvalue weighted by Gasteiger charge is -2.22. The number of aliphatic hydroxyl groups excluding tert-OH is 1. The van der Waals surface area contributed by atoms with Gasteiger partial charge in [-0.25, -0.2) is 4.98 Å². The van der Waals surface area contributed by atoms with Crippen molar-refractivity contribution < 1.29 is 5.11 Å². The molecule has 0 aliphatic carbocycles. The third-order valence-electron chi connectivity index (χ3n) is 2.73.